The van der Waals surface area contributed by atoms with Gasteiger partial charge in [0.25, 0.3) is 0 Å². The largest absolute Gasteiger partial charge is 0.466 e. The van der Waals surface area contributed by atoms with Crippen LogP contribution in [0.5, 0.6) is 0 Å². The summed E-state index contributed by atoms with van der Waals surface area (Å²) in [5, 5.41) is 3.16. The van der Waals surface area contributed by atoms with E-state index >= 15 is 0 Å². The Labute approximate surface area is 136 Å². The molecule has 0 heterocycles. The van der Waals surface area contributed by atoms with Gasteiger partial charge in [0.15, 0.2) is 0 Å². The van der Waals surface area contributed by atoms with Crippen molar-refractivity contribution in [3.05, 3.63) is 70.0 Å². The van der Waals surface area contributed by atoms with Crippen molar-refractivity contribution in [1.82, 2.24) is 0 Å². The molecule has 114 valence electrons. The average molecular weight is 364 g/mol. The molecule has 0 aliphatic heterocycles. The third-order valence-electron chi connectivity index (χ3n) is 3.00. The first kappa shape index (κ1) is 16.2. The fourth-order valence-electron chi connectivity index (χ4n) is 1.85. The molecule has 0 bridgehead atoms. The molecule has 0 aliphatic carbocycles. The summed E-state index contributed by atoms with van der Waals surface area (Å²) in [5.41, 5.74) is 2.28. The van der Waals surface area contributed by atoms with Crippen molar-refractivity contribution in [3.8, 4) is 0 Å². The number of hydrogen-bond acceptors (Lipinski definition) is 3. The van der Waals surface area contributed by atoms with Crippen LogP contribution < -0.4 is 5.32 Å². The minimum Gasteiger partial charge on any atom is -0.466 e. The average Bonchev–Trinajstić information content (AvgIpc) is 2.52. The Morgan fingerprint density at radius 3 is 2.86 bits per heavy atom. The molecule has 3 nitrogen and oxygen atoms in total. The molecule has 0 saturated heterocycles. The molecule has 2 rings (SSSR count). The number of methoxy groups -OCH3 is 1. The fraction of sp³-hybridized carbons (Fsp3) is 0.118. The number of anilines is 1. The highest BCUT2D eigenvalue weighted by Crippen LogP contribution is 2.18. The number of ether oxygens (including phenoxy) is 1. The van der Waals surface area contributed by atoms with Crippen LogP contribution in [0, 0.1) is 5.82 Å². The first-order valence-electron chi connectivity index (χ1n) is 6.62. The Balaban J connectivity index is 2.04. The van der Waals surface area contributed by atoms with Crippen LogP contribution in [-0.2, 0) is 16.1 Å². The van der Waals surface area contributed by atoms with E-state index in [4.69, 9.17) is 0 Å². The zero-order valence-electron chi connectivity index (χ0n) is 12.0. The van der Waals surface area contributed by atoms with Gasteiger partial charge in [0.1, 0.15) is 5.82 Å². The van der Waals surface area contributed by atoms with Crippen molar-refractivity contribution in [2.45, 2.75) is 6.54 Å². The third-order valence-corrected chi connectivity index (χ3v) is 3.49. The number of halogens is 2. The Hall–Kier alpha value is -2.14. The summed E-state index contributed by atoms with van der Waals surface area (Å²) in [4.78, 5) is 11.1. The summed E-state index contributed by atoms with van der Waals surface area (Å²) in [6, 6.07) is 12.4. The lowest BCUT2D eigenvalue weighted by Crippen LogP contribution is -2.01. The Morgan fingerprint density at radius 1 is 1.32 bits per heavy atom. The van der Waals surface area contributed by atoms with Gasteiger partial charge in [-0.05, 0) is 35.9 Å². The lowest BCUT2D eigenvalue weighted by Gasteiger charge is -2.08. The SMILES string of the molecule is COC(=O)C=Cc1cccc(NCc2ccc(Br)cc2F)c1. The summed E-state index contributed by atoms with van der Waals surface area (Å²) >= 11 is 3.23. The second-order valence-electron chi connectivity index (χ2n) is 4.57. The van der Waals surface area contributed by atoms with Crippen LogP contribution in [0.15, 0.2) is 53.0 Å². The number of esters is 1. The summed E-state index contributed by atoms with van der Waals surface area (Å²) in [6.45, 7) is 0.378. The van der Waals surface area contributed by atoms with E-state index in [1.807, 2.05) is 24.3 Å². The molecule has 2 aromatic carbocycles. The molecule has 5 heteroatoms. The molecule has 0 spiro atoms. The zero-order valence-corrected chi connectivity index (χ0v) is 13.6. The standard InChI is InChI=1S/C17H15BrFNO2/c1-22-17(21)8-5-12-3-2-4-15(9-12)20-11-13-6-7-14(18)10-16(13)19/h2-10,20H,11H2,1H3. The molecule has 2 aromatic rings. The van der Waals surface area contributed by atoms with E-state index in [9.17, 15) is 9.18 Å². The van der Waals surface area contributed by atoms with Crippen LogP contribution in [0.4, 0.5) is 10.1 Å². The lowest BCUT2D eigenvalue weighted by molar-refractivity contribution is -0.134. The molecular formula is C17H15BrFNO2. The number of carbonyl (C=O) groups excluding carboxylic acids is 1. The van der Waals surface area contributed by atoms with E-state index in [0.29, 0.717) is 16.6 Å². The number of carbonyl (C=O) groups is 1. The quantitative estimate of drug-likeness (QED) is 0.632. The normalized spacial score (nSPS) is 10.7. The molecule has 22 heavy (non-hydrogen) atoms. The highest BCUT2D eigenvalue weighted by Gasteiger charge is 2.03. The van der Waals surface area contributed by atoms with Crippen molar-refractivity contribution < 1.29 is 13.9 Å². The van der Waals surface area contributed by atoms with E-state index in [2.05, 4.69) is 26.0 Å². The van der Waals surface area contributed by atoms with Gasteiger partial charge in [0, 0.05) is 28.3 Å². The van der Waals surface area contributed by atoms with Crippen LogP contribution in [0.2, 0.25) is 0 Å². The van der Waals surface area contributed by atoms with E-state index in [-0.39, 0.29) is 5.82 Å². The molecule has 0 aromatic heterocycles. The molecule has 0 radical (unpaired) electrons. The van der Waals surface area contributed by atoms with Gasteiger partial charge in [0.05, 0.1) is 7.11 Å². The van der Waals surface area contributed by atoms with E-state index in [0.717, 1.165) is 11.3 Å². The monoisotopic (exact) mass is 363 g/mol. The van der Waals surface area contributed by atoms with Crippen LogP contribution in [0.1, 0.15) is 11.1 Å². The Morgan fingerprint density at radius 2 is 2.14 bits per heavy atom. The second kappa shape index (κ2) is 7.75. The maximum atomic E-state index is 13.7. The van der Waals surface area contributed by atoms with Crippen LogP contribution in [0.25, 0.3) is 6.08 Å². The van der Waals surface area contributed by atoms with Gasteiger partial charge < -0.3 is 10.1 Å². The number of nitrogens with one attached hydrogen (secondary N) is 1. The van der Waals surface area contributed by atoms with Gasteiger partial charge in [-0.2, -0.15) is 0 Å². The van der Waals surface area contributed by atoms with Crippen LogP contribution >= 0.6 is 15.9 Å². The molecule has 0 unspecified atom stereocenters. The highest BCUT2D eigenvalue weighted by atomic mass is 79.9. The van der Waals surface area contributed by atoms with Gasteiger partial charge in [-0.1, -0.05) is 34.1 Å². The molecule has 0 aliphatic rings. The second-order valence-corrected chi connectivity index (χ2v) is 5.49. The van der Waals surface area contributed by atoms with Gasteiger partial charge in [-0.25, -0.2) is 9.18 Å². The van der Waals surface area contributed by atoms with Gasteiger partial charge >= 0.3 is 5.97 Å². The highest BCUT2D eigenvalue weighted by molar-refractivity contribution is 9.10. The summed E-state index contributed by atoms with van der Waals surface area (Å²) in [5.74, 6) is -0.668. The van der Waals surface area contributed by atoms with E-state index in [1.54, 1.807) is 18.2 Å². The summed E-state index contributed by atoms with van der Waals surface area (Å²) < 4.78 is 19.0. The topological polar surface area (TPSA) is 38.3 Å². The van der Waals surface area contributed by atoms with Crippen molar-refractivity contribution in [3.63, 3.8) is 0 Å². The van der Waals surface area contributed by atoms with E-state index < -0.39 is 5.97 Å². The maximum Gasteiger partial charge on any atom is 0.330 e. The maximum absolute atomic E-state index is 13.7. The van der Waals surface area contributed by atoms with Crippen molar-refractivity contribution in [2.75, 3.05) is 12.4 Å². The van der Waals surface area contributed by atoms with E-state index in [1.165, 1.54) is 19.3 Å². The van der Waals surface area contributed by atoms with Gasteiger partial charge in [-0.15, -0.1) is 0 Å². The van der Waals surface area contributed by atoms with Crippen molar-refractivity contribution >= 4 is 33.7 Å². The molecular weight excluding hydrogens is 349 g/mol. The predicted molar refractivity (Wildman–Crippen MR) is 88.9 cm³/mol. The molecule has 0 atom stereocenters. The van der Waals surface area contributed by atoms with Gasteiger partial charge in [0.2, 0.25) is 0 Å². The first-order valence-corrected chi connectivity index (χ1v) is 7.41. The fourth-order valence-corrected chi connectivity index (χ4v) is 2.18. The zero-order chi connectivity index (χ0) is 15.9. The molecule has 0 amide bonds. The Bertz CT molecular complexity index is 701. The van der Waals surface area contributed by atoms with Crippen LogP contribution in [0.3, 0.4) is 0 Å². The minimum absolute atomic E-state index is 0.261. The molecule has 0 fully saturated rings. The van der Waals surface area contributed by atoms with Crippen LogP contribution in [-0.4, -0.2) is 13.1 Å². The number of hydrogen-bond donors (Lipinski definition) is 1. The Kier molecular flexibility index (Phi) is 5.72. The predicted octanol–water partition coefficient (Wildman–Crippen LogP) is 4.39. The number of rotatable bonds is 5. The van der Waals surface area contributed by atoms with Crippen molar-refractivity contribution in [1.29, 1.82) is 0 Å². The third kappa shape index (κ3) is 4.70. The molecule has 1 N–H and O–H groups in total. The van der Waals surface area contributed by atoms with Crippen molar-refractivity contribution in [2.24, 2.45) is 0 Å². The first-order chi connectivity index (χ1) is 10.6. The summed E-state index contributed by atoms with van der Waals surface area (Å²) in [6.07, 6.45) is 3.02. The number of benzene rings is 2. The smallest absolute Gasteiger partial charge is 0.330 e. The molecule has 0 saturated carbocycles. The summed E-state index contributed by atoms with van der Waals surface area (Å²) in [7, 11) is 1.33. The lowest BCUT2D eigenvalue weighted by atomic mass is 10.1. The minimum atomic E-state index is -0.407. The van der Waals surface area contributed by atoms with Gasteiger partial charge in [-0.3, -0.25) is 0 Å².